The number of nitrogens with zero attached hydrogens (tertiary/aromatic N) is 3. The molecule has 0 spiro atoms. The first-order chi connectivity index (χ1) is 5.40. The molecule has 11 heavy (non-hydrogen) atoms. The molecule has 0 amide bonds. The fourth-order valence-electron chi connectivity index (χ4n) is 0.939. The summed E-state index contributed by atoms with van der Waals surface area (Å²) in [5.74, 6) is 0.649. The monoisotopic (exact) mass is 147 g/mol. The molecule has 0 aliphatic heterocycles. The normalized spacial score (nSPS) is 10.1. The second-order valence-electron chi connectivity index (χ2n) is 2.15. The van der Waals surface area contributed by atoms with Gasteiger partial charge in [0.1, 0.15) is 0 Å². The van der Waals surface area contributed by atoms with E-state index in [9.17, 15) is 0 Å². The van der Waals surface area contributed by atoms with Crippen molar-refractivity contribution in [3.8, 4) is 6.07 Å². The van der Waals surface area contributed by atoms with Crippen LogP contribution in [-0.4, -0.2) is 9.56 Å². The Bertz CT molecular complexity index is 378. The zero-order valence-electron chi connectivity index (χ0n) is 5.69. The lowest BCUT2D eigenvalue weighted by molar-refractivity contribution is 0.352. The van der Waals surface area contributed by atoms with Crippen molar-refractivity contribution in [3.05, 3.63) is 24.2 Å². The summed E-state index contributed by atoms with van der Waals surface area (Å²) in [6, 6.07) is 3.75. The van der Waals surface area contributed by atoms with E-state index in [1.54, 1.807) is 18.5 Å². The lowest BCUT2D eigenvalue weighted by atomic mass is 10.4. The van der Waals surface area contributed by atoms with Crippen molar-refractivity contribution in [3.63, 3.8) is 0 Å². The Morgan fingerprint density at radius 3 is 3.36 bits per heavy atom. The van der Waals surface area contributed by atoms with Gasteiger partial charge < -0.3 is 4.52 Å². The van der Waals surface area contributed by atoms with Crippen LogP contribution in [0.1, 0.15) is 5.76 Å². The Hall–Kier alpha value is -1.76. The van der Waals surface area contributed by atoms with Crippen molar-refractivity contribution >= 4 is 5.65 Å². The first kappa shape index (κ1) is 5.98. The summed E-state index contributed by atoms with van der Waals surface area (Å²) in [7, 11) is 0. The van der Waals surface area contributed by atoms with Crippen LogP contribution in [0.5, 0.6) is 0 Å². The molecule has 0 radical (unpaired) electrons. The number of rotatable bonds is 1. The zero-order valence-corrected chi connectivity index (χ0v) is 5.69. The maximum atomic E-state index is 8.34. The minimum absolute atomic E-state index is 0.295. The Labute approximate surface area is 62.6 Å². The van der Waals surface area contributed by atoms with Crippen molar-refractivity contribution in [2.45, 2.75) is 6.42 Å². The highest BCUT2D eigenvalue weighted by Crippen LogP contribution is 2.07. The van der Waals surface area contributed by atoms with E-state index in [1.807, 2.05) is 6.07 Å². The van der Waals surface area contributed by atoms with Crippen molar-refractivity contribution in [2.24, 2.45) is 0 Å². The van der Waals surface area contributed by atoms with Crippen LogP contribution in [0.3, 0.4) is 0 Å². The first-order valence-corrected chi connectivity index (χ1v) is 3.19. The number of hydrogen-bond donors (Lipinski definition) is 0. The quantitative estimate of drug-likeness (QED) is 0.604. The van der Waals surface area contributed by atoms with Crippen molar-refractivity contribution in [1.29, 1.82) is 5.26 Å². The van der Waals surface area contributed by atoms with Crippen LogP contribution in [0.15, 0.2) is 23.0 Å². The highest BCUT2D eigenvalue weighted by molar-refractivity contribution is 5.37. The molecule has 0 aliphatic rings. The van der Waals surface area contributed by atoms with E-state index in [4.69, 9.17) is 9.78 Å². The van der Waals surface area contributed by atoms with Crippen LogP contribution in [0.4, 0.5) is 0 Å². The molecule has 2 aromatic heterocycles. The standard InChI is InChI=1S/C7H5N3O/c8-2-1-6-5-7-9-3-4-10(7)11-6/h3-5H,1H2. The van der Waals surface area contributed by atoms with Gasteiger partial charge in [-0.15, -0.1) is 0 Å². The molecule has 2 rings (SSSR count). The van der Waals surface area contributed by atoms with Gasteiger partial charge in [0.25, 0.3) is 0 Å². The van der Waals surface area contributed by atoms with Crippen LogP contribution in [0, 0.1) is 11.3 Å². The largest absolute Gasteiger partial charge is 0.377 e. The summed E-state index contributed by atoms with van der Waals surface area (Å²) in [5, 5.41) is 8.34. The number of fused-ring (bicyclic) bond motifs is 1. The van der Waals surface area contributed by atoms with Gasteiger partial charge in [-0.05, 0) is 0 Å². The SMILES string of the molecule is N#CCc1cc2nccn2o1. The molecule has 0 atom stereocenters. The maximum Gasteiger partial charge on any atom is 0.172 e. The summed E-state index contributed by atoms with van der Waals surface area (Å²) in [6.45, 7) is 0. The van der Waals surface area contributed by atoms with E-state index in [2.05, 4.69) is 4.98 Å². The molecule has 0 aromatic carbocycles. The third-order valence-corrected chi connectivity index (χ3v) is 1.39. The Morgan fingerprint density at radius 1 is 1.73 bits per heavy atom. The Morgan fingerprint density at radius 2 is 2.64 bits per heavy atom. The first-order valence-electron chi connectivity index (χ1n) is 3.19. The predicted octanol–water partition coefficient (Wildman–Crippen LogP) is 0.993. The Balaban J connectivity index is 2.52. The van der Waals surface area contributed by atoms with Crippen LogP contribution >= 0.6 is 0 Å². The lowest BCUT2D eigenvalue weighted by Crippen LogP contribution is -1.74. The molecule has 0 N–H and O–H groups in total. The van der Waals surface area contributed by atoms with Crippen LogP contribution in [0.25, 0.3) is 5.65 Å². The molecule has 4 heteroatoms. The highest BCUT2D eigenvalue weighted by Gasteiger charge is 2.01. The molecule has 2 heterocycles. The van der Waals surface area contributed by atoms with E-state index in [0.717, 1.165) is 5.65 Å². The van der Waals surface area contributed by atoms with Crippen molar-refractivity contribution < 1.29 is 4.52 Å². The summed E-state index contributed by atoms with van der Waals surface area (Å²) < 4.78 is 6.71. The predicted molar refractivity (Wildman–Crippen MR) is 36.8 cm³/mol. The van der Waals surface area contributed by atoms with Gasteiger partial charge in [-0.3, -0.25) is 0 Å². The van der Waals surface area contributed by atoms with Crippen LogP contribution < -0.4 is 0 Å². The van der Waals surface area contributed by atoms with Gasteiger partial charge in [0.15, 0.2) is 11.4 Å². The number of aromatic nitrogens is 2. The third kappa shape index (κ3) is 0.867. The number of imidazole rings is 1. The van der Waals surface area contributed by atoms with Crippen molar-refractivity contribution in [2.75, 3.05) is 0 Å². The fourth-order valence-corrected chi connectivity index (χ4v) is 0.939. The second-order valence-corrected chi connectivity index (χ2v) is 2.15. The summed E-state index contributed by atoms with van der Waals surface area (Å²) in [4.78, 5) is 3.98. The minimum Gasteiger partial charge on any atom is -0.377 e. The van der Waals surface area contributed by atoms with E-state index >= 15 is 0 Å². The summed E-state index contributed by atoms with van der Waals surface area (Å²) >= 11 is 0. The van der Waals surface area contributed by atoms with Gasteiger partial charge in [-0.1, -0.05) is 0 Å². The molecule has 0 bridgehead atoms. The summed E-state index contributed by atoms with van der Waals surface area (Å²) in [5.41, 5.74) is 0.746. The molecule has 0 unspecified atom stereocenters. The average Bonchev–Trinajstić information content (AvgIpc) is 2.46. The number of nitriles is 1. The number of hydrogen-bond acceptors (Lipinski definition) is 3. The molecule has 54 valence electrons. The zero-order chi connectivity index (χ0) is 7.68. The smallest absolute Gasteiger partial charge is 0.172 e. The molecule has 4 nitrogen and oxygen atoms in total. The highest BCUT2D eigenvalue weighted by atomic mass is 16.5. The minimum atomic E-state index is 0.295. The molecule has 0 aliphatic carbocycles. The molecular weight excluding hydrogens is 142 g/mol. The van der Waals surface area contributed by atoms with Gasteiger partial charge in [0.2, 0.25) is 0 Å². The third-order valence-electron chi connectivity index (χ3n) is 1.39. The van der Waals surface area contributed by atoms with Gasteiger partial charge >= 0.3 is 0 Å². The average molecular weight is 147 g/mol. The molecule has 0 fully saturated rings. The molecule has 2 aromatic rings. The lowest BCUT2D eigenvalue weighted by Gasteiger charge is -1.80. The van der Waals surface area contributed by atoms with E-state index in [1.165, 1.54) is 4.57 Å². The van der Waals surface area contributed by atoms with Gasteiger partial charge in [0.05, 0.1) is 18.7 Å². The van der Waals surface area contributed by atoms with Crippen LogP contribution in [0.2, 0.25) is 0 Å². The van der Waals surface area contributed by atoms with E-state index in [0.29, 0.717) is 12.2 Å². The molecule has 0 saturated carbocycles. The summed E-state index contributed by atoms with van der Waals surface area (Å²) in [6.07, 6.45) is 3.65. The molecule has 0 saturated heterocycles. The molecular formula is C7H5N3O. The van der Waals surface area contributed by atoms with E-state index in [-0.39, 0.29) is 0 Å². The topological polar surface area (TPSA) is 54.2 Å². The van der Waals surface area contributed by atoms with Crippen molar-refractivity contribution in [1.82, 2.24) is 9.56 Å². The van der Waals surface area contributed by atoms with Gasteiger partial charge in [0, 0.05) is 12.3 Å². The Kier molecular flexibility index (Phi) is 1.16. The second kappa shape index (κ2) is 2.13. The maximum absolute atomic E-state index is 8.34. The van der Waals surface area contributed by atoms with Gasteiger partial charge in [-0.2, -0.15) is 9.84 Å². The van der Waals surface area contributed by atoms with E-state index < -0.39 is 0 Å². The fraction of sp³-hybridized carbons (Fsp3) is 0.143. The van der Waals surface area contributed by atoms with Crippen LogP contribution in [-0.2, 0) is 6.42 Å². The van der Waals surface area contributed by atoms with Gasteiger partial charge in [-0.25, -0.2) is 4.98 Å².